The zero-order chi connectivity index (χ0) is 88.0. The number of hydrogen-bond donors (Lipinski definition) is 34. The zero-order valence-corrected chi connectivity index (χ0v) is 68.1. The molecule has 0 saturated carbocycles. The highest BCUT2D eigenvalue weighted by atomic mass is 32.1. The summed E-state index contributed by atoms with van der Waals surface area (Å²) in [6.45, 7) is 1.38. The van der Waals surface area contributed by atoms with Crippen LogP contribution in [0.25, 0.3) is 21.6 Å². The van der Waals surface area contributed by atoms with Gasteiger partial charge in [0.25, 0.3) is 5.91 Å². The second-order valence-electron chi connectivity index (χ2n) is 28.0. The van der Waals surface area contributed by atoms with E-state index in [0.29, 0.717) is 75.0 Å². The van der Waals surface area contributed by atoms with E-state index in [1.165, 1.54) is 17.7 Å². The third kappa shape index (κ3) is 43.8. The van der Waals surface area contributed by atoms with E-state index in [4.69, 9.17) is 89.5 Å². The van der Waals surface area contributed by atoms with E-state index in [0.717, 1.165) is 16.0 Å². The van der Waals surface area contributed by atoms with Crippen LogP contribution < -0.4 is 142 Å². The molecule has 0 saturated heterocycles. The average Bonchev–Trinajstić information content (AvgIpc) is 1.67. The van der Waals surface area contributed by atoms with Gasteiger partial charge in [0, 0.05) is 83.3 Å². The summed E-state index contributed by atoms with van der Waals surface area (Å²) < 4.78 is 0. The molecule has 0 aromatic carbocycles. The molecular weight excluding hydrogens is 1570 g/mol. The summed E-state index contributed by atoms with van der Waals surface area (Å²) in [4.78, 5) is 166. The minimum absolute atomic E-state index is 0.00596. The lowest BCUT2D eigenvalue weighted by molar-refractivity contribution is -0.136. The molecule has 43 N–H and O–H groups in total. The smallest absolute Gasteiger partial charge is 0.261 e. The number of nitrogens with one attached hydrogen (secondary N) is 25. The van der Waals surface area contributed by atoms with Crippen molar-refractivity contribution in [3.63, 3.8) is 0 Å². The normalized spacial score (nSPS) is 12.8. The number of nitrogens with two attached hydrogens (primary N) is 9. The fraction of sp³-hybridized carbons (Fsp3) is 0.606. The van der Waals surface area contributed by atoms with Crippen LogP contribution in [-0.2, 0) is 47.9 Å². The molecule has 0 spiro atoms. The van der Waals surface area contributed by atoms with Gasteiger partial charge in [0.2, 0.25) is 59.1 Å². The van der Waals surface area contributed by atoms with Crippen molar-refractivity contribution in [2.75, 3.05) is 65.4 Å². The summed E-state index contributed by atoms with van der Waals surface area (Å²) in [6.07, 6.45) is 7.47. The van der Waals surface area contributed by atoms with E-state index in [-0.39, 0.29) is 191 Å². The first-order valence-corrected chi connectivity index (χ1v) is 40.5. The van der Waals surface area contributed by atoms with Crippen LogP contribution in [0.15, 0.2) is 30.7 Å². The first-order chi connectivity index (χ1) is 56.8. The van der Waals surface area contributed by atoms with Gasteiger partial charge in [-0.3, -0.25) is 90.6 Å². The van der Waals surface area contributed by atoms with Crippen molar-refractivity contribution in [3.05, 3.63) is 35.6 Å². The maximum atomic E-state index is 14.8. The molecule has 0 aliphatic carbocycles. The number of nitrogens with zero attached hydrogens (tertiary/aromatic N) is 2. The van der Waals surface area contributed by atoms with Gasteiger partial charge in [-0.25, -0.2) is 9.97 Å². The summed E-state index contributed by atoms with van der Waals surface area (Å²) in [5, 5.41) is 100. The first-order valence-electron chi connectivity index (χ1n) is 39.7. The summed E-state index contributed by atoms with van der Waals surface area (Å²) in [6, 6.07) is -5.32. The van der Waals surface area contributed by atoms with Gasteiger partial charge in [-0.1, -0.05) is 12.8 Å². The monoisotopic (exact) mass is 1690 g/mol. The molecule has 0 aliphatic rings. The molecule has 0 unspecified atom stereocenters. The van der Waals surface area contributed by atoms with Gasteiger partial charge >= 0.3 is 0 Å². The predicted molar refractivity (Wildman–Crippen MR) is 451 cm³/mol. The molecule has 11 amide bonds. The van der Waals surface area contributed by atoms with Crippen molar-refractivity contribution in [2.45, 2.75) is 209 Å². The third-order valence-electron chi connectivity index (χ3n) is 18.1. The minimum Gasteiger partial charge on any atom is -0.370 e. The van der Waals surface area contributed by atoms with Crippen LogP contribution in [0.1, 0.15) is 170 Å². The van der Waals surface area contributed by atoms with Crippen LogP contribution in [0.5, 0.6) is 0 Å². The van der Waals surface area contributed by atoms with Crippen LogP contribution in [0, 0.1) is 37.9 Å². The number of unbranched alkanes of at least 4 members (excludes halogenated alkanes) is 5. The Morgan fingerprint density at radius 1 is 0.336 bits per heavy atom. The van der Waals surface area contributed by atoms with Crippen molar-refractivity contribution >= 4 is 129 Å². The first kappa shape index (κ1) is 101. The quantitative estimate of drug-likeness (QED) is 0.0142. The summed E-state index contributed by atoms with van der Waals surface area (Å²) in [5.74, 6) is -10.4. The van der Waals surface area contributed by atoms with E-state index in [9.17, 15) is 52.7 Å². The number of carbonyl (C=O) groups is 11. The molecule has 3 aromatic heterocycles. The number of primary amides is 1. The largest absolute Gasteiger partial charge is 0.370 e. The maximum absolute atomic E-state index is 14.8. The molecule has 662 valence electrons. The second-order valence-corrected chi connectivity index (χ2v) is 29.1. The number of H-pyrrole nitrogens is 1. The van der Waals surface area contributed by atoms with Gasteiger partial charge in [-0.15, -0.1) is 11.3 Å². The molecule has 48 heteroatoms. The standard InChI is InChI=1S/C71H126N36O11S/c72-29-6-5-16-42(55(73)110)102-59(113)45(19-11-34-93-67(78)79)104-61(115)47(21-13-36-95-69(82)83)106-63(117)49(23-15-38-97-71(86)87)107-62(116)48(22-14-37-96-70(84)85)105-60(114)46(20-12-35-94-68(80)81)103-58(112)44(18-10-33-92-66(76)77)101-53(109)25-3-1-7-30-89-57(111)43(17-9-32-91-65(74)75)100-52(108)24-4-2-8-31-90-64(118)51-27-26-50(119-51)54-41-28-39-88-56(41)99-40-98-54/h26-28,39-40,42-49H,1-25,29-38,72H2,(H2,73,110)(H,89,111)(H,90,118)(H,100,108)(H,101,109)(H,102,113)(H,103,112)(H,104,115)(H,105,114)(H,106,117)(H,107,116)(H4,74,75,91)(H4,76,77,92)(H4,78,79,93)(H4,80,81,94)(H4,82,83,95)(H4,84,85,96)(H4,86,87,97)(H,88,98,99)/t42-,43-,44-,45-,46-,47-,48-,49-/m1/s1. The molecule has 0 aliphatic heterocycles. The fourth-order valence-electron chi connectivity index (χ4n) is 12.0. The number of aromatic nitrogens is 3. The third-order valence-corrected chi connectivity index (χ3v) is 19.2. The topological polar surface area (TPSA) is 835 Å². The van der Waals surface area contributed by atoms with Crippen molar-refractivity contribution in [1.82, 2.24) is 105 Å². The number of thiophene rings is 1. The Balaban J connectivity index is 1.80. The van der Waals surface area contributed by atoms with Crippen LogP contribution in [0.3, 0.4) is 0 Å². The molecule has 47 nitrogen and oxygen atoms in total. The van der Waals surface area contributed by atoms with Crippen LogP contribution in [0.2, 0.25) is 0 Å². The van der Waals surface area contributed by atoms with E-state index < -0.39 is 125 Å². The highest BCUT2D eigenvalue weighted by Crippen LogP contribution is 2.31. The van der Waals surface area contributed by atoms with Gasteiger partial charge < -0.3 is 147 Å². The number of guanidine groups is 7. The van der Waals surface area contributed by atoms with Crippen molar-refractivity contribution in [3.8, 4) is 10.6 Å². The number of carbonyl (C=O) groups excluding carboxylic acids is 11. The van der Waals surface area contributed by atoms with Crippen molar-refractivity contribution < 1.29 is 52.7 Å². The average molecular weight is 1690 g/mol. The number of hydrogen-bond acceptors (Lipinski definition) is 22. The Labute approximate surface area is 694 Å². The Bertz CT molecular complexity index is 3820. The lowest BCUT2D eigenvalue weighted by atomic mass is 10.0. The molecule has 119 heavy (non-hydrogen) atoms. The van der Waals surface area contributed by atoms with Crippen LogP contribution in [0.4, 0.5) is 0 Å². The molecule has 0 radical (unpaired) electrons. The lowest BCUT2D eigenvalue weighted by Crippen LogP contribution is -2.60. The van der Waals surface area contributed by atoms with E-state index in [1.807, 2.05) is 12.1 Å². The Hall–Kier alpha value is -12.7. The van der Waals surface area contributed by atoms with Crippen LogP contribution >= 0.6 is 11.3 Å². The number of aromatic amines is 1. The van der Waals surface area contributed by atoms with Crippen LogP contribution in [-0.4, -0.2) is 235 Å². The zero-order valence-electron chi connectivity index (χ0n) is 67.2. The van der Waals surface area contributed by atoms with E-state index in [2.05, 4.69) is 105 Å². The maximum Gasteiger partial charge on any atom is 0.261 e. The van der Waals surface area contributed by atoms with Crippen molar-refractivity contribution in [2.24, 2.45) is 51.6 Å². The van der Waals surface area contributed by atoms with Gasteiger partial charge in [-0.2, -0.15) is 0 Å². The van der Waals surface area contributed by atoms with Gasteiger partial charge in [0.1, 0.15) is 60.3 Å². The summed E-state index contributed by atoms with van der Waals surface area (Å²) in [5.41, 5.74) is 51.4. The predicted octanol–water partition coefficient (Wildman–Crippen LogP) is -6.01. The highest BCUT2D eigenvalue weighted by Gasteiger charge is 2.35. The Morgan fingerprint density at radius 3 is 0.983 bits per heavy atom. The SMILES string of the molecule is N=C(N)NCCC[C@@H](NC(=O)CCCCCNC(=O)c1ccc(-c2ncnc3[nH]ccc23)s1)C(=O)NCCCCCC(=O)N[C@H](CCCNC(=N)N)C(=O)N[C@H](CCCNC(=N)N)C(=O)N[C@H](CCCNC(=N)N)C(=O)N[C@H](CCCNC(=N)N)C(=O)N[C@H](CCCNC(=N)N)C(=O)N[C@H](CCCNC(=N)N)C(=O)N[C@H](CCCCN)C(N)=O. The molecule has 3 rings (SSSR count). The summed E-state index contributed by atoms with van der Waals surface area (Å²) >= 11 is 1.31. The Morgan fingerprint density at radius 2 is 0.647 bits per heavy atom. The number of rotatable bonds is 62. The number of fused-ring (bicyclic) bond motifs is 1. The molecule has 8 atom stereocenters. The number of amides is 11. The molecule has 0 bridgehead atoms. The fourth-order valence-corrected chi connectivity index (χ4v) is 12.9. The second kappa shape index (κ2) is 57.4. The van der Waals surface area contributed by atoms with Gasteiger partial charge in [-0.05, 0) is 160 Å². The van der Waals surface area contributed by atoms with E-state index >= 15 is 0 Å². The highest BCUT2D eigenvalue weighted by molar-refractivity contribution is 7.17. The van der Waals surface area contributed by atoms with Crippen molar-refractivity contribution in [1.29, 1.82) is 37.9 Å². The van der Waals surface area contributed by atoms with E-state index in [1.54, 1.807) is 12.3 Å². The van der Waals surface area contributed by atoms with Gasteiger partial charge in [0.05, 0.1) is 15.4 Å². The summed E-state index contributed by atoms with van der Waals surface area (Å²) in [7, 11) is 0. The molecule has 3 heterocycles. The molecule has 0 fully saturated rings. The minimum atomic E-state index is -1.53. The molecular formula is C71H126N36O11S. The lowest BCUT2D eigenvalue weighted by Gasteiger charge is -2.28. The Kier molecular flexibility index (Phi) is 48.5. The molecule has 3 aromatic rings. The van der Waals surface area contributed by atoms with Gasteiger partial charge in [0.15, 0.2) is 41.7 Å².